The van der Waals surface area contributed by atoms with Gasteiger partial charge in [0.2, 0.25) is 0 Å². The largest absolute Gasteiger partial charge is 0.496 e. The standard InChI is InChI=1S/C21H19NOS/c1-23-21-10-6-5-7-18(21)15-22-19-13-11-17(12-14-19)16-24-20-8-3-2-4-9-20/h2-15H,16H2,1H3. The number of rotatable bonds is 6. The van der Waals surface area contributed by atoms with Crippen LogP contribution in [-0.4, -0.2) is 13.3 Å². The highest BCUT2D eigenvalue weighted by molar-refractivity contribution is 7.98. The van der Waals surface area contributed by atoms with Gasteiger partial charge in [0.15, 0.2) is 0 Å². The van der Waals surface area contributed by atoms with Crippen LogP contribution in [-0.2, 0) is 5.75 Å². The Labute approximate surface area is 147 Å². The van der Waals surface area contributed by atoms with E-state index < -0.39 is 0 Å². The average molecular weight is 333 g/mol. The Morgan fingerprint density at radius 3 is 2.33 bits per heavy atom. The van der Waals surface area contributed by atoms with Crippen LogP contribution in [0.1, 0.15) is 11.1 Å². The number of nitrogens with zero attached hydrogens (tertiary/aromatic N) is 1. The minimum atomic E-state index is 0.831. The zero-order valence-corrected chi connectivity index (χ0v) is 14.4. The van der Waals surface area contributed by atoms with Gasteiger partial charge in [-0.05, 0) is 42.0 Å². The molecule has 0 aliphatic heterocycles. The molecule has 3 aromatic rings. The van der Waals surface area contributed by atoms with Gasteiger partial charge in [0, 0.05) is 22.4 Å². The van der Waals surface area contributed by atoms with E-state index in [0.717, 1.165) is 22.8 Å². The fourth-order valence-corrected chi connectivity index (χ4v) is 3.15. The third-order valence-electron chi connectivity index (χ3n) is 3.58. The van der Waals surface area contributed by atoms with Crippen molar-refractivity contribution in [3.63, 3.8) is 0 Å². The van der Waals surface area contributed by atoms with E-state index in [0.29, 0.717) is 0 Å². The molecule has 2 nitrogen and oxygen atoms in total. The summed E-state index contributed by atoms with van der Waals surface area (Å²) in [6.07, 6.45) is 1.84. The second-order valence-electron chi connectivity index (χ2n) is 5.27. The first-order chi connectivity index (χ1) is 11.8. The maximum Gasteiger partial charge on any atom is 0.127 e. The Bertz CT molecular complexity index is 798. The molecule has 0 saturated carbocycles. The summed E-state index contributed by atoms with van der Waals surface area (Å²) in [5.41, 5.74) is 3.21. The highest BCUT2D eigenvalue weighted by Gasteiger charge is 1.99. The van der Waals surface area contributed by atoms with Crippen LogP contribution in [0, 0.1) is 0 Å². The highest BCUT2D eigenvalue weighted by atomic mass is 32.2. The molecule has 0 radical (unpaired) electrons. The molecule has 0 saturated heterocycles. The summed E-state index contributed by atoms with van der Waals surface area (Å²) in [4.78, 5) is 5.82. The fourth-order valence-electron chi connectivity index (χ4n) is 2.28. The maximum absolute atomic E-state index is 5.33. The van der Waals surface area contributed by atoms with E-state index >= 15 is 0 Å². The van der Waals surface area contributed by atoms with E-state index in [-0.39, 0.29) is 0 Å². The van der Waals surface area contributed by atoms with Gasteiger partial charge in [-0.1, -0.05) is 42.5 Å². The van der Waals surface area contributed by atoms with Crippen LogP contribution in [0.2, 0.25) is 0 Å². The molecule has 120 valence electrons. The fraction of sp³-hybridized carbons (Fsp3) is 0.0952. The number of hydrogen-bond donors (Lipinski definition) is 0. The predicted molar refractivity (Wildman–Crippen MR) is 103 cm³/mol. The van der Waals surface area contributed by atoms with Gasteiger partial charge in [-0.25, -0.2) is 0 Å². The molecule has 0 fully saturated rings. The van der Waals surface area contributed by atoms with Gasteiger partial charge in [-0.2, -0.15) is 0 Å². The van der Waals surface area contributed by atoms with Crippen molar-refractivity contribution in [2.75, 3.05) is 7.11 Å². The van der Waals surface area contributed by atoms with Crippen molar-refractivity contribution in [3.05, 3.63) is 90.0 Å². The summed E-state index contributed by atoms with van der Waals surface area (Å²) >= 11 is 1.84. The van der Waals surface area contributed by atoms with Crippen LogP contribution in [0.4, 0.5) is 5.69 Å². The molecule has 0 unspecified atom stereocenters. The lowest BCUT2D eigenvalue weighted by Gasteiger charge is -2.04. The van der Waals surface area contributed by atoms with Crippen molar-refractivity contribution < 1.29 is 4.74 Å². The number of ether oxygens (including phenoxy) is 1. The number of aliphatic imine (C=N–C) groups is 1. The third-order valence-corrected chi connectivity index (χ3v) is 4.66. The molecule has 0 aliphatic rings. The molecule has 0 amide bonds. The van der Waals surface area contributed by atoms with E-state index in [1.54, 1.807) is 7.11 Å². The molecule has 0 aliphatic carbocycles. The molecule has 3 heteroatoms. The molecule has 0 aromatic heterocycles. The van der Waals surface area contributed by atoms with Crippen LogP contribution in [0.3, 0.4) is 0 Å². The van der Waals surface area contributed by atoms with Gasteiger partial charge in [-0.15, -0.1) is 11.8 Å². The maximum atomic E-state index is 5.33. The first-order valence-corrected chi connectivity index (χ1v) is 8.77. The molecule has 0 N–H and O–H groups in total. The van der Waals surface area contributed by atoms with Gasteiger partial charge in [-0.3, -0.25) is 4.99 Å². The topological polar surface area (TPSA) is 21.6 Å². The van der Waals surface area contributed by atoms with E-state index in [4.69, 9.17) is 4.74 Å². The van der Waals surface area contributed by atoms with Crippen LogP contribution in [0.15, 0.2) is 88.8 Å². The molecular formula is C21H19NOS. The summed E-state index contributed by atoms with van der Waals surface area (Å²) in [5.74, 6) is 1.79. The van der Waals surface area contributed by atoms with Crippen LogP contribution in [0.25, 0.3) is 0 Å². The second kappa shape index (κ2) is 8.37. The van der Waals surface area contributed by atoms with Crippen LogP contribution in [0.5, 0.6) is 5.75 Å². The van der Waals surface area contributed by atoms with Crippen molar-refractivity contribution in [2.45, 2.75) is 10.6 Å². The molecule has 3 aromatic carbocycles. The Hall–Kier alpha value is -2.52. The first-order valence-electron chi connectivity index (χ1n) is 7.79. The number of para-hydroxylation sites is 1. The molecular weight excluding hydrogens is 314 g/mol. The number of thioether (sulfide) groups is 1. The first kappa shape index (κ1) is 16.3. The Kier molecular flexibility index (Phi) is 5.70. The monoisotopic (exact) mass is 333 g/mol. The minimum Gasteiger partial charge on any atom is -0.496 e. The zero-order valence-electron chi connectivity index (χ0n) is 13.6. The van der Waals surface area contributed by atoms with Crippen molar-refractivity contribution in [1.29, 1.82) is 0 Å². The normalized spacial score (nSPS) is 10.9. The van der Waals surface area contributed by atoms with Crippen molar-refractivity contribution in [3.8, 4) is 5.75 Å². The van der Waals surface area contributed by atoms with Crippen molar-refractivity contribution in [2.24, 2.45) is 4.99 Å². The van der Waals surface area contributed by atoms with Crippen LogP contribution >= 0.6 is 11.8 Å². The average Bonchev–Trinajstić information content (AvgIpc) is 2.66. The van der Waals surface area contributed by atoms with Gasteiger partial charge in [0.1, 0.15) is 5.75 Å². The van der Waals surface area contributed by atoms with Crippen LogP contribution < -0.4 is 4.74 Å². The molecule has 0 bridgehead atoms. The molecule has 0 atom stereocenters. The molecule has 0 spiro atoms. The summed E-state index contributed by atoms with van der Waals surface area (Å²) in [5, 5.41) is 0. The lowest BCUT2D eigenvalue weighted by Crippen LogP contribution is -1.89. The Balaban J connectivity index is 1.63. The van der Waals surface area contributed by atoms with E-state index in [9.17, 15) is 0 Å². The highest BCUT2D eigenvalue weighted by Crippen LogP contribution is 2.24. The van der Waals surface area contributed by atoms with Gasteiger partial charge in [0.05, 0.1) is 12.8 Å². The lowest BCUT2D eigenvalue weighted by molar-refractivity contribution is 0.414. The predicted octanol–water partition coefficient (Wildman–Crippen LogP) is 5.74. The summed E-state index contributed by atoms with van der Waals surface area (Å²) < 4.78 is 5.33. The minimum absolute atomic E-state index is 0.831. The summed E-state index contributed by atoms with van der Waals surface area (Å²) in [6, 6.07) is 26.7. The van der Waals surface area contributed by atoms with E-state index in [2.05, 4.69) is 41.4 Å². The Morgan fingerprint density at radius 2 is 1.58 bits per heavy atom. The number of benzene rings is 3. The van der Waals surface area contributed by atoms with E-state index in [1.807, 2.05) is 60.4 Å². The molecule has 3 rings (SSSR count). The lowest BCUT2D eigenvalue weighted by atomic mass is 10.2. The summed E-state index contributed by atoms with van der Waals surface area (Å²) in [7, 11) is 1.67. The zero-order chi connectivity index (χ0) is 16.6. The third kappa shape index (κ3) is 4.49. The second-order valence-corrected chi connectivity index (χ2v) is 6.32. The number of methoxy groups -OCH3 is 1. The van der Waals surface area contributed by atoms with E-state index in [1.165, 1.54) is 10.5 Å². The summed E-state index contributed by atoms with van der Waals surface area (Å²) in [6.45, 7) is 0. The molecule has 0 heterocycles. The quantitative estimate of drug-likeness (QED) is 0.424. The SMILES string of the molecule is COc1ccccc1C=Nc1ccc(CSc2ccccc2)cc1. The smallest absolute Gasteiger partial charge is 0.127 e. The Morgan fingerprint density at radius 1 is 0.875 bits per heavy atom. The number of hydrogen-bond acceptors (Lipinski definition) is 3. The van der Waals surface area contributed by atoms with Gasteiger partial charge in [0.25, 0.3) is 0 Å². The van der Waals surface area contributed by atoms with Crippen molar-refractivity contribution >= 4 is 23.7 Å². The van der Waals surface area contributed by atoms with Crippen molar-refractivity contribution in [1.82, 2.24) is 0 Å². The molecule has 24 heavy (non-hydrogen) atoms. The van der Waals surface area contributed by atoms with Gasteiger partial charge >= 0.3 is 0 Å². The van der Waals surface area contributed by atoms with Gasteiger partial charge < -0.3 is 4.74 Å².